The van der Waals surface area contributed by atoms with Gasteiger partial charge in [-0.2, -0.15) is 0 Å². The fourth-order valence-electron chi connectivity index (χ4n) is 2.18. The van der Waals surface area contributed by atoms with Crippen molar-refractivity contribution in [3.8, 4) is 0 Å². The number of halogens is 1. The zero-order valence-electron chi connectivity index (χ0n) is 9.73. The SMILES string of the molecule is CC1(C)CCC(NS(=O)(=O)c2cnc(Cl)s2)C1. The number of sulfonamides is 1. The van der Waals surface area contributed by atoms with Gasteiger partial charge in [0.05, 0.1) is 6.20 Å². The van der Waals surface area contributed by atoms with Gasteiger partial charge in [-0.3, -0.25) is 0 Å². The highest BCUT2D eigenvalue weighted by atomic mass is 35.5. The van der Waals surface area contributed by atoms with Crippen LogP contribution in [0.3, 0.4) is 0 Å². The number of rotatable bonds is 3. The van der Waals surface area contributed by atoms with Crippen LogP contribution in [0.5, 0.6) is 0 Å². The van der Waals surface area contributed by atoms with Crippen LogP contribution in [-0.2, 0) is 10.0 Å². The number of nitrogens with one attached hydrogen (secondary N) is 1. The number of aromatic nitrogens is 1. The summed E-state index contributed by atoms with van der Waals surface area (Å²) in [5.74, 6) is 0. The van der Waals surface area contributed by atoms with Gasteiger partial charge in [-0.1, -0.05) is 36.8 Å². The first-order valence-electron chi connectivity index (χ1n) is 5.42. The Hall–Kier alpha value is -0.170. The van der Waals surface area contributed by atoms with E-state index in [9.17, 15) is 8.42 Å². The van der Waals surface area contributed by atoms with Crippen LogP contribution < -0.4 is 4.72 Å². The van der Waals surface area contributed by atoms with Gasteiger partial charge in [0.25, 0.3) is 10.0 Å². The number of hydrogen-bond acceptors (Lipinski definition) is 4. The summed E-state index contributed by atoms with van der Waals surface area (Å²) in [6.45, 7) is 4.32. The summed E-state index contributed by atoms with van der Waals surface area (Å²) in [6.07, 6.45) is 4.11. The Labute approximate surface area is 110 Å². The van der Waals surface area contributed by atoms with Crippen LogP contribution in [0, 0.1) is 5.41 Å². The Morgan fingerprint density at radius 2 is 2.29 bits per heavy atom. The Bertz CT molecular complexity index is 510. The molecule has 4 nitrogen and oxygen atoms in total. The van der Waals surface area contributed by atoms with Crippen LogP contribution in [0.15, 0.2) is 10.4 Å². The molecular formula is C10H15ClN2O2S2. The molecule has 2 rings (SSSR count). The smallest absolute Gasteiger partial charge is 0.232 e. The van der Waals surface area contributed by atoms with Crippen LogP contribution in [0.1, 0.15) is 33.1 Å². The second-order valence-corrected chi connectivity index (χ2v) is 8.71. The zero-order valence-corrected chi connectivity index (χ0v) is 12.1. The van der Waals surface area contributed by atoms with Crippen molar-refractivity contribution in [3.05, 3.63) is 10.7 Å². The first-order chi connectivity index (χ1) is 7.78. The summed E-state index contributed by atoms with van der Waals surface area (Å²) < 4.78 is 27.2. The Kier molecular flexibility index (Phi) is 3.51. The van der Waals surface area contributed by atoms with Gasteiger partial charge in [0.1, 0.15) is 0 Å². The zero-order chi connectivity index (χ0) is 12.7. The highest BCUT2D eigenvalue weighted by Crippen LogP contribution is 2.37. The number of hydrogen-bond donors (Lipinski definition) is 1. The minimum absolute atomic E-state index is 0.0240. The lowest BCUT2D eigenvalue weighted by Crippen LogP contribution is -2.33. The summed E-state index contributed by atoms with van der Waals surface area (Å²) in [7, 11) is -3.45. The molecule has 0 radical (unpaired) electrons. The number of nitrogens with zero attached hydrogens (tertiary/aromatic N) is 1. The van der Waals surface area contributed by atoms with Crippen molar-refractivity contribution >= 4 is 33.0 Å². The standard InChI is InChI=1S/C10H15ClN2O2S2/c1-10(2)4-3-7(5-10)13-17(14,15)8-6-12-9(11)16-8/h6-7,13H,3-5H2,1-2H3. The predicted octanol–water partition coefficient (Wildman–Crippen LogP) is 2.65. The third-order valence-corrected chi connectivity index (χ3v) is 6.11. The topological polar surface area (TPSA) is 59.1 Å². The highest BCUT2D eigenvalue weighted by molar-refractivity contribution is 7.91. The van der Waals surface area contributed by atoms with Crippen LogP contribution in [0.4, 0.5) is 0 Å². The fraction of sp³-hybridized carbons (Fsp3) is 0.700. The van der Waals surface area contributed by atoms with E-state index in [-0.39, 0.29) is 20.1 Å². The van der Waals surface area contributed by atoms with Gasteiger partial charge in [-0.25, -0.2) is 18.1 Å². The molecule has 1 saturated carbocycles. The Morgan fingerprint density at radius 3 is 2.76 bits per heavy atom. The summed E-state index contributed by atoms with van der Waals surface area (Å²) in [6, 6.07) is 0.0240. The van der Waals surface area contributed by atoms with Crippen molar-refractivity contribution in [1.29, 1.82) is 0 Å². The van der Waals surface area contributed by atoms with Crippen molar-refractivity contribution in [2.45, 2.75) is 43.4 Å². The minimum Gasteiger partial charge on any atom is -0.232 e. The lowest BCUT2D eigenvalue weighted by Gasteiger charge is -2.17. The molecule has 1 aliphatic carbocycles. The van der Waals surface area contributed by atoms with Crippen LogP contribution in [0.2, 0.25) is 4.47 Å². The van der Waals surface area contributed by atoms with Crippen molar-refractivity contribution in [2.24, 2.45) is 5.41 Å². The molecular weight excluding hydrogens is 280 g/mol. The molecule has 0 aromatic carbocycles. The average Bonchev–Trinajstić information content (AvgIpc) is 2.72. The molecule has 0 amide bonds. The van der Waals surface area contributed by atoms with E-state index in [0.29, 0.717) is 0 Å². The lowest BCUT2D eigenvalue weighted by atomic mass is 9.92. The summed E-state index contributed by atoms with van der Waals surface area (Å²) >= 11 is 6.63. The van der Waals surface area contributed by atoms with Gasteiger partial charge < -0.3 is 0 Å². The number of thiazole rings is 1. The van der Waals surface area contributed by atoms with Gasteiger partial charge in [-0.05, 0) is 24.7 Å². The molecule has 7 heteroatoms. The van der Waals surface area contributed by atoms with Crippen LogP contribution >= 0.6 is 22.9 Å². The van der Waals surface area contributed by atoms with E-state index in [2.05, 4.69) is 23.6 Å². The minimum atomic E-state index is -3.45. The molecule has 17 heavy (non-hydrogen) atoms. The first kappa shape index (κ1) is 13.3. The lowest BCUT2D eigenvalue weighted by molar-refractivity contribution is 0.372. The van der Waals surface area contributed by atoms with E-state index < -0.39 is 10.0 Å². The van der Waals surface area contributed by atoms with E-state index in [1.807, 2.05) is 0 Å². The Morgan fingerprint density at radius 1 is 1.59 bits per heavy atom. The van der Waals surface area contributed by atoms with Gasteiger partial charge in [0, 0.05) is 6.04 Å². The van der Waals surface area contributed by atoms with Gasteiger partial charge >= 0.3 is 0 Å². The monoisotopic (exact) mass is 294 g/mol. The van der Waals surface area contributed by atoms with Gasteiger partial charge in [-0.15, -0.1) is 0 Å². The quantitative estimate of drug-likeness (QED) is 0.932. The molecule has 0 bridgehead atoms. The van der Waals surface area contributed by atoms with Gasteiger partial charge in [0.2, 0.25) is 0 Å². The van der Waals surface area contributed by atoms with E-state index in [1.54, 1.807) is 0 Å². The second-order valence-electron chi connectivity index (χ2n) is 5.16. The molecule has 1 unspecified atom stereocenters. The molecule has 0 saturated heterocycles. The van der Waals surface area contributed by atoms with E-state index in [4.69, 9.17) is 11.6 Å². The normalized spacial score (nSPS) is 24.1. The second kappa shape index (κ2) is 4.50. The van der Waals surface area contributed by atoms with Crippen molar-refractivity contribution in [2.75, 3.05) is 0 Å². The molecule has 1 aromatic heterocycles. The fourth-order valence-corrected chi connectivity index (χ4v) is 4.76. The third-order valence-electron chi connectivity index (χ3n) is 3.01. The molecule has 1 N–H and O–H groups in total. The van der Waals surface area contributed by atoms with Gasteiger partial charge in [0.15, 0.2) is 8.68 Å². The maximum atomic E-state index is 12.0. The maximum Gasteiger partial charge on any atom is 0.251 e. The largest absolute Gasteiger partial charge is 0.251 e. The molecule has 1 heterocycles. The first-order valence-corrected chi connectivity index (χ1v) is 8.10. The van der Waals surface area contributed by atoms with Crippen molar-refractivity contribution in [3.63, 3.8) is 0 Å². The molecule has 1 aliphatic rings. The summed E-state index contributed by atoms with van der Waals surface area (Å²) in [4.78, 5) is 3.75. The van der Waals surface area contributed by atoms with E-state index in [1.165, 1.54) is 6.20 Å². The maximum absolute atomic E-state index is 12.0. The summed E-state index contributed by atoms with van der Waals surface area (Å²) in [5, 5.41) is 0. The third kappa shape index (κ3) is 3.19. The van der Waals surface area contributed by atoms with Crippen molar-refractivity contribution in [1.82, 2.24) is 9.71 Å². The molecule has 96 valence electrons. The molecule has 0 aliphatic heterocycles. The van der Waals surface area contributed by atoms with Crippen molar-refractivity contribution < 1.29 is 8.42 Å². The predicted molar refractivity (Wildman–Crippen MR) is 68.9 cm³/mol. The Balaban J connectivity index is 2.09. The summed E-state index contributed by atoms with van der Waals surface area (Å²) in [5.41, 5.74) is 0.221. The van der Waals surface area contributed by atoms with Crippen LogP contribution in [0.25, 0.3) is 0 Å². The average molecular weight is 295 g/mol. The highest BCUT2D eigenvalue weighted by Gasteiger charge is 2.33. The van der Waals surface area contributed by atoms with E-state index in [0.717, 1.165) is 30.6 Å². The molecule has 1 fully saturated rings. The van der Waals surface area contributed by atoms with Crippen LogP contribution in [-0.4, -0.2) is 19.4 Å². The van der Waals surface area contributed by atoms with E-state index >= 15 is 0 Å². The molecule has 1 atom stereocenters. The molecule has 1 aromatic rings. The molecule has 0 spiro atoms.